The highest BCUT2D eigenvalue weighted by atomic mass is 32.2. The van der Waals surface area contributed by atoms with Crippen LogP contribution in [0.5, 0.6) is 0 Å². The first-order valence-corrected chi connectivity index (χ1v) is 7.78. The zero-order valence-corrected chi connectivity index (χ0v) is 13.6. The Morgan fingerprint density at radius 3 is 2.62 bits per heavy atom. The van der Waals surface area contributed by atoms with Gasteiger partial charge in [0.15, 0.2) is 5.16 Å². The minimum absolute atomic E-state index is 0.00202. The number of hydrogen-bond donors (Lipinski definition) is 1. The number of imidazole rings is 1. The molecular formula is C16H20N2O2S. The number of carboxylic acids is 1. The maximum atomic E-state index is 10.8. The van der Waals surface area contributed by atoms with Crippen LogP contribution < -0.4 is 0 Å². The Labute approximate surface area is 129 Å². The molecule has 0 fully saturated rings. The van der Waals surface area contributed by atoms with Crippen LogP contribution in [0.15, 0.2) is 35.6 Å². The van der Waals surface area contributed by atoms with Crippen LogP contribution in [0.25, 0.3) is 5.69 Å². The molecule has 2 rings (SSSR count). The SMILES string of the molecule is Cc1cnc(SCC(=O)O)n1-c1ccccc1C(C)(C)C. The Morgan fingerprint density at radius 2 is 2.00 bits per heavy atom. The lowest BCUT2D eigenvalue weighted by Gasteiger charge is -2.24. The normalized spacial score (nSPS) is 11.6. The van der Waals surface area contributed by atoms with Crippen LogP contribution in [0.3, 0.4) is 0 Å². The molecule has 4 nitrogen and oxygen atoms in total. The monoisotopic (exact) mass is 304 g/mol. The van der Waals surface area contributed by atoms with E-state index in [1.165, 1.54) is 17.3 Å². The predicted octanol–water partition coefficient (Wildman–Crippen LogP) is 3.65. The van der Waals surface area contributed by atoms with E-state index in [2.05, 4.69) is 37.9 Å². The molecule has 0 unspecified atom stereocenters. The van der Waals surface area contributed by atoms with Gasteiger partial charge in [0, 0.05) is 11.9 Å². The number of nitrogens with zero attached hydrogens (tertiary/aromatic N) is 2. The van der Waals surface area contributed by atoms with Crippen molar-refractivity contribution in [3.63, 3.8) is 0 Å². The Kier molecular flexibility index (Phi) is 4.42. The molecule has 0 aliphatic heterocycles. The summed E-state index contributed by atoms with van der Waals surface area (Å²) >= 11 is 1.24. The Hall–Kier alpha value is -1.75. The Balaban J connectivity index is 2.52. The second-order valence-corrected chi connectivity index (χ2v) is 6.91. The standard InChI is InChI=1S/C16H20N2O2S/c1-11-9-17-15(21-10-14(19)20)18(11)13-8-6-5-7-12(13)16(2,3)4/h5-9H,10H2,1-4H3,(H,19,20). The van der Waals surface area contributed by atoms with E-state index in [1.54, 1.807) is 6.20 Å². The van der Waals surface area contributed by atoms with Crippen molar-refractivity contribution in [1.29, 1.82) is 0 Å². The van der Waals surface area contributed by atoms with Crippen LogP contribution >= 0.6 is 11.8 Å². The molecule has 0 radical (unpaired) electrons. The molecule has 21 heavy (non-hydrogen) atoms. The third kappa shape index (κ3) is 3.47. The zero-order valence-electron chi connectivity index (χ0n) is 12.8. The van der Waals surface area contributed by atoms with Crippen molar-refractivity contribution in [1.82, 2.24) is 9.55 Å². The van der Waals surface area contributed by atoms with Gasteiger partial charge in [-0.3, -0.25) is 9.36 Å². The maximum absolute atomic E-state index is 10.8. The number of aromatic nitrogens is 2. The van der Waals surface area contributed by atoms with Gasteiger partial charge in [-0.15, -0.1) is 0 Å². The van der Waals surface area contributed by atoms with Crippen molar-refractivity contribution < 1.29 is 9.90 Å². The van der Waals surface area contributed by atoms with Gasteiger partial charge >= 0.3 is 5.97 Å². The van der Waals surface area contributed by atoms with Crippen molar-refractivity contribution in [2.75, 3.05) is 5.75 Å². The number of carboxylic acid groups (broad SMARTS) is 1. The summed E-state index contributed by atoms with van der Waals surface area (Å²) in [5.74, 6) is -0.829. The van der Waals surface area contributed by atoms with Crippen LogP contribution in [-0.2, 0) is 10.2 Å². The summed E-state index contributed by atoms with van der Waals surface area (Å²) in [6.07, 6.45) is 1.78. The van der Waals surface area contributed by atoms with Crippen LogP contribution in [0.1, 0.15) is 32.0 Å². The molecule has 0 amide bonds. The number of thioether (sulfide) groups is 1. The van der Waals surface area contributed by atoms with Crippen molar-refractivity contribution in [3.05, 3.63) is 41.7 Å². The molecule has 0 saturated heterocycles. The summed E-state index contributed by atoms with van der Waals surface area (Å²) in [5, 5.41) is 9.58. The lowest BCUT2D eigenvalue weighted by Crippen LogP contribution is -2.16. The van der Waals surface area contributed by atoms with E-state index in [-0.39, 0.29) is 11.2 Å². The largest absolute Gasteiger partial charge is 0.481 e. The van der Waals surface area contributed by atoms with Gasteiger partial charge in [0.1, 0.15) is 0 Å². The fraction of sp³-hybridized carbons (Fsp3) is 0.375. The molecule has 1 aromatic carbocycles. The average molecular weight is 304 g/mol. The molecule has 0 spiro atoms. The number of benzene rings is 1. The van der Waals surface area contributed by atoms with E-state index >= 15 is 0 Å². The van der Waals surface area contributed by atoms with Crippen LogP contribution in [0.4, 0.5) is 0 Å². The minimum atomic E-state index is -0.837. The topological polar surface area (TPSA) is 55.1 Å². The van der Waals surface area contributed by atoms with E-state index in [9.17, 15) is 4.79 Å². The summed E-state index contributed by atoms with van der Waals surface area (Å²) in [7, 11) is 0. The Morgan fingerprint density at radius 1 is 1.33 bits per heavy atom. The molecule has 1 aromatic heterocycles. The highest BCUT2D eigenvalue weighted by Crippen LogP contribution is 2.31. The van der Waals surface area contributed by atoms with Crippen LogP contribution in [0.2, 0.25) is 0 Å². The summed E-state index contributed by atoms with van der Waals surface area (Å²) in [4.78, 5) is 15.1. The van der Waals surface area contributed by atoms with E-state index < -0.39 is 5.97 Å². The molecule has 112 valence electrons. The van der Waals surface area contributed by atoms with Gasteiger partial charge in [-0.1, -0.05) is 50.7 Å². The Bertz CT molecular complexity index is 657. The fourth-order valence-corrected chi connectivity index (χ4v) is 2.99. The summed E-state index contributed by atoms with van der Waals surface area (Å²) < 4.78 is 2.04. The lowest BCUT2D eigenvalue weighted by atomic mass is 9.86. The van der Waals surface area contributed by atoms with Crippen molar-refractivity contribution >= 4 is 17.7 Å². The molecular weight excluding hydrogens is 284 g/mol. The van der Waals surface area contributed by atoms with E-state index in [0.29, 0.717) is 5.16 Å². The number of rotatable bonds is 4. The molecule has 0 atom stereocenters. The average Bonchev–Trinajstić information content (AvgIpc) is 2.76. The second-order valence-electron chi connectivity index (χ2n) is 5.97. The van der Waals surface area contributed by atoms with E-state index in [4.69, 9.17) is 5.11 Å². The quantitative estimate of drug-likeness (QED) is 0.876. The van der Waals surface area contributed by atoms with Crippen molar-refractivity contribution in [2.24, 2.45) is 0 Å². The molecule has 0 aliphatic rings. The predicted molar refractivity (Wildman–Crippen MR) is 85.4 cm³/mol. The fourth-order valence-electron chi connectivity index (χ4n) is 2.24. The van der Waals surface area contributed by atoms with Crippen molar-refractivity contribution in [3.8, 4) is 5.69 Å². The summed E-state index contributed by atoms with van der Waals surface area (Å²) in [6, 6.07) is 8.19. The third-order valence-electron chi connectivity index (χ3n) is 3.18. The van der Waals surface area contributed by atoms with E-state index in [1.807, 2.05) is 23.6 Å². The van der Waals surface area contributed by atoms with Crippen molar-refractivity contribution in [2.45, 2.75) is 38.3 Å². The third-order valence-corrected chi connectivity index (χ3v) is 4.12. The van der Waals surface area contributed by atoms with Gasteiger partial charge in [0.25, 0.3) is 0 Å². The second kappa shape index (κ2) is 5.93. The number of hydrogen-bond acceptors (Lipinski definition) is 3. The smallest absolute Gasteiger partial charge is 0.313 e. The van der Waals surface area contributed by atoms with E-state index in [0.717, 1.165) is 11.4 Å². The summed E-state index contributed by atoms with van der Waals surface area (Å²) in [5.41, 5.74) is 3.28. The molecule has 1 heterocycles. The van der Waals surface area contributed by atoms with Gasteiger partial charge in [0.2, 0.25) is 0 Å². The first-order valence-electron chi connectivity index (χ1n) is 6.79. The summed E-state index contributed by atoms with van der Waals surface area (Å²) in [6.45, 7) is 8.49. The number of aliphatic carboxylic acids is 1. The van der Waals surface area contributed by atoms with Gasteiger partial charge in [-0.05, 0) is 24.0 Å². The number of carbonyl (C=O) groups is 1. The number of aryl methyl sites for hydroxylation is 1. The molecule has 2 aromatic rings. The van der Waals surface area contributed by atoms with Gasteiger partial charge in [-0.25, -0.2) is 4.98 Å². The molecule has 1 N–H and O–H groups in total. The maximum Gasteiger partial charge on any atom is 0.313 e. The molecule has 0 aliphatic carbocycles. The highest BCUT2D eigenvalue weighted by molar-refractivity contribution is 7.99. The molecule has 0 bridgehead atoms. The van der Waals surface area contributed by atoms with Gasteiger partial charge in [-0.2, -0.15) is 0 Å². The molecule has 5 heteroatoms. The van der Waals surface area contributed by atoms with Gasteiger partial charge in [0.05, 0.1) is 11.4 Å². The van der Waals surface area contributed by atoms with Crippen LogP contribution in [0, 0.1) is 6.92 Å². The minimum Gasteiger partial charge on any atom is -0.481 e. The zero-order chi connectivity index (χ0) is 15.6. The first kappa shape index (κ1) is 15.6. The van der Waals surface area contributed by atoms with Gasteiger partial charge < -0.3 is 5.11 Å². The lowest BCUT2D eigenvalue weighted by molar-refractivity contribution is -0.133. The number of para-hydroxylation sites is 1. The highest BCUT2D eigenvalue weighted by Gasteiger charge is 2.21. The van der Waals surface area contributed by atoms with Crippen LogP contribution in [-0.4, -0.2) is 26.4 Å². The first-order chi connectivity index (χ1) is 9.80. The molecule has 0 saturated carbocycles.